The van der Waals surface area contributed by atoms with Crippen molar-refractivity contribution in [1.29, 1.82) is 0 Å². The van der Waals surface area contributed by atoms with Crippen LogP contribution < -0.4 is 0 Å². The molecule has 144 valence electrons. The minimum absolute atomic E-state index is 0.0142. The number of fused-ring (bicyclic) bond motifs is 2. The molecule has 1 saturated carbocycles. The standard InChI is InChI=1S/C21H24O6/c1-3-10(8-22)12-6-16-21(27-16)19(2)5-4-11-13(9-25-18(11)24)14(19)7-15-20(21,26-15)17(12)23/h6,10,14-16,22H,3-5,7-9H2,1-2H3/t10-,14-,15-,16-,19-,20+,21+/m0/s1. The molecule has 0 aromatic carbocycles. The summed E-state index contributed by atoms with van der Waals surface area (Å²) < 4.78 is 17.9. The third kappa shape index (κ3) is 1.55. The Kier molecular flexibility index (Phi) is 2.88. The Hall–Kier alpha value is -1.50. The van der Waals surface area contributed by atoms with Crippen LogP contribution in [0, 0.1) is 17.3 Å². The van der Waals surface area contributed by atoms with E-state index in [1.54, 1.807) is 0 Å². The Labute approximate surface area is 157 Å². The number of esters is 1. The molecule has 6 aliphatic rings. The molecule has 3 aliphatic heterocycles. The topological polar surface area (TPSA) is 88.7 Å². The van der Waals surface area contributed by atoms with Gasteiger partial charge in [0, 0.05) is 22.5 Å². The average Bonchev–Trinajstić information content (AvgIpc) is 3.53. The molecule has 0 aromatic rings. The first-order chi connectivity index (χ1) is 12.9. The van der Waals surface area contributed by atoms with Crippen molar-refractivity contribution in [1.82, 2.24) is 0 Å². The van der Waals surface area contributed by atoms with Crippen molar-refractivity contribution >= 4 is 11.8 Å². The van der Waals surface area contributed by atoms with Gasteiger partial charge < -0.3 is 19.3 Å². The van der Waals surface area contributed by atoms with Gasteiger partial charge in [0.1, 0.15) is 18.3 Å². The fourth-order valence-electron chi connectivity index (χ4n) is 6.85. The van der Waals surface area contributed by atoms with Crippen molar-refractivity contribution in [2.45, 2.75) is 62.9 Å². The number of hydrogen-bond donors (Lipinski definition) is 1. The van der Waals surface area contributed by atoms with Crippen molar-refractivity contribution in [2.24, 2.45) is 17.3 Å². The fourth-order valence-corrected chi connectivity index (χ4v) is 6.85. The Balaban J connectivity index is 1.47. The van der Waals surface area contributed by atoms with Gasteiger partial charge in [0.15, 0.2) is 11.4 Å². The van der Waals surface area contributed by atoms with Crippen LogP contribution in [0.15, 0.2) is 22.8 Å². The molecular formula is C21H24O6. The first-order valence-corrected chi connectivity index (χ1v) is 10.1. The van der Waals surface area contributed by atoms with Gasteiger partial charge in [-0.3, -0.25) is 4.79 Å². The number of ketones is 1. The Morgan fingerprint density at radius 2 is 2.15 bits per heavy atom. The quantitative estimate of drug-likeness (QED) is 0.596. The molecule has 3 heterocycles. The van der Waals surface area contributed by atoms with Crippen LogP contribution in [0.1, 0.15) is 39.5 Å². The van der Waals surface area contributed by atoms with Crippen LogP contribution >= 0.6 is 0 Å². The smallest absolute Gasteiger partial charge is 0.334 e. The molecule has 0 radical (unpaired) electrons. The number of epoxide rings is 2. The Morgan fingerprint density at radius 1 is 1.33 bits per heavy atom. The van der Waals surface area contributed by atoms with Crippen molar-refractivity contribution in [2.75, 3.05) is 13.2 Å². The van der Waals surface area contributed by atoms with Crippen molar-refractivity contribution < 1.29 is 28.9 Å². The van der Waals surface area contributed by atoms with Gasteiger partial charge in [-0.15, -0.1) is 0 Å². The number of Topliss-reactive ketones (excluding diaryl/α,β-unsaturated/α-hetero) is 1. The van der Waals surface area contributed by atoms with Gasteiger partial charge in [0.05, 0.1) is 12.7 Å². The van der Waals surface area contributed by atoms with E-state index in [9.17, 15) is 14.7 Å². The molecular weight excluding hydrogens is 348 g/mol. The second-order valence-corrected chi connectivity index (χ2v) is 9.14. The highest BCUT2D eigenvalue weighted by Gasteiger charge is 2.92. The highest BCUT2D eigenvalue weighted by molar-refractivity contribution is 6.08. The van der Waals surface area contributed by atoms with Crippen LogP contribution in [0.5, 0.6) is 0 Å². The minimum Gasteiger partial charge on any atom is -0.458 e. The van der Waals surface area contributed by atoms with Gasteiger partial charge in [0.25, 0.3) is 0 Å². The molecule has 2 spiro atoms. The highest BCUT2D eigenvalue weighted by atomic mass is 16.7. The summed E-state index contributed by atoms with van der Waals surface area (Å²) in [6.07, 6.45) is 4.55. The van der Waals surface area contributed by atoms with E-state index in [4.69, 9.17) is 14.2 Å². The maximum atomic E-state index is 13.5. The molecule has 3 fully saturated rings. The Morgan fingerprint density at radius 3 is 2.89 bits per heavy atom. The van der Waals surface area contributed by atoms with E-state index >= 15 is 0 Å². The first-order valence-electron chi connectivity index (χ1n) is 10.1. The summed E-state index contributed by atoms with van der Waals surface area (Å²) in [7, 11) is 0. The number of hydrogen-bond acceptors (Lipinski definition) is 6. The van der Waals surface area contributed by atoms with E-state index in [2.05, 4.69) is 6.92 Å². The van der Waals surface area contributed by atoms with E-state index in [0.717, 1.165) is 24.0 Å². The summed E-state index contributed by atoms with van der Waals surface area (Å²) in [5.74, 6) is -0.172. The van der Waals surface area contributed by atoms with Crippen LogP contribution in [0.4, 0.5) is 0 Å². The summed E-state index contributed by atoms with van der Waals surface area (Å²) >= 11 is 0. The number of aliphatic hydroxyl groups excluding tert-OH is 1. The molecule has 0 amide bonds. The Bertz CT molecular complexity index is 853. The first kappa shape index (κ1) is 16.5. The van der Waals surface area contributed by atoms with Crippen molar-refractivity contribution in [3.8, 4) is 0 Å². The van der Waals surface area contributed by atoms with E-state index in [-0.39, 0.29) is 47.8 Å². The fraction of sp³-hybridized carbons (Fsp3) is 0.714. The third-order valence-corrected chi connectivity index (χ3v) is 8.39. The predicted octanol–water partition coefficient (Wildman–Crippen LogP) is 1.46. The molecule has 6 nitrogen and oxygen atoms in total. The van der Waals surface area contributed by atoms with E-state index < -0.39 is 11.2 Å². The molecule has 0 unspecified atom stereocenters. The molecule has 0 aromatic heterocycles. The lowest BCUT2D eigenvalue weighted by atomic mass is 9.48. The zero-order chi connectivity index (χ0) is 18.8. The van der Waals surface area contributed by atoms with E-state index in [1.807, 2.05) is 13.0 Å². The number of cyclic esters (lactones) is 1. The van der Waals surface area contributed by atoms with Crippen LogP contribution in [-0.4, -0.2) is 53.5 Å². The monoisotopic (exact) mass is 372 g/mol. The normalized spacial score (nSPS) is 49.9. The summed E-state index contributed by atoms with van der Waals surface area (Å²) in [6, 6.07) is 0. The number of carbonyl (C=O) groups is 2. The molecule has 27 heavy (non-hydrogen) atoms. The third-order valence-electron chi connectivity index (χ3n) is 8.39. The largest absolute Gasteiger partial charge is 0.458 e. The van der Waals surface area contributed by atoms with Crippen LogP contribution in [0.2, 0.25) is 0 Å². The molecule has 6 rings (SSSR count). The number of ether oxygens (including phenoxy) is 3. The lowest BCUT2D eigenvalue weighted by Gasteiger charge is -2.51. The number of aliphatic hydroxyl groups is 1. The van der Waals surface area contributed by atoms with Crippen LogP contribution in [0.3, 0.4) is 0 Å². The number of carbonyl (C=O) groups excluding carboxylic acids is 2. The van der Waals surface area contributed by atoms with Gasteiger partial charge in [-0.25, -0.2) is 4.79 Å². The summed E-state index contributed by atoms with van der Waals surface area (Å²) in [5.41, 5.74) is 0.839. The minimum atomic E-state index is -0.892. The zero-order valence-electron chi connectivity index (χ0n) is 15.6. The molecule has 1 N–H and O–H groups in total. The highest BCUT2D eigenvalue weighted by Crippen LogP contribution is 2.77. The lowest BCUT2D eigenvalue weighted by molar-refractivity contribution is -0.136. The summed E-state index contributed by atoms with van der Waals surface area (Å²) in [4.78, 5) is 25.6. The number of rotatable bonds is 3. The van der Waals surface area contributed by atoms with E-state index in [0.29, 0.717) is 25.0 Å². The van der Waals surface area contributed by atoms with Gasteiger partial charge in [-0.05, 0) is 43.3 Å². The second kappa shape index (κ2) is 4.73. The van der Waals surface area contributed by atoms with Gasteiger partial charge in [-0.2, -0.15) is 0 Å². The maximum absolute atomic E-state index is 13.5. The zero-order valence-corrected chi connectivity index (χ0v) is 15.6. The van der Waals surface area contributed by atoms with Gasteiger partial charge in [0.2, 0.25) is 0 Å². The lowest BCUT2D eigenvalue weighted by Crippen LogP contribution is -2.63. The summed E-state index contributed by atoms with van der Waals surface area (Å²) in [5, 5.41) is 9.73. The summed E-state index contributed by atoms with van der Waals surface area (Å²) in [6.45, 7) is 4.52. The van der Waals surface area contributed by atoms with Crippen molar-refractivity contribution in [3.05, 3.63) is 22.8 Å². The predicted molar refractivity (Wildman–Crippen MR) is 92.6 cm³/mol. The molecule has 3 aliphatic carbocycles. The molecule has 6 heteroatoms. The SMILES string of the molecule is CC[C@@H](CO)C1=C[C@@H]2O[C@@]23[C@@]2(C)CCC4=C(COC4=O)[C@@H]2C[C@@H]2O[C@@]23C1=O. The maximum Gasteiger partial charge on any atom is 0.334 e. The van der Waals surface area contributed by atoms with Gasteiger partial charge >= 0.3 is 5.97 Å². The van der Waals surface area contributed by atoms with E-state index in [1.165, 1.54) is 0 Å². The van der Waals surface area contributed by atoms with Gasteiger partial charge in [-0.1, -0.05) is 13.8 Å². The second-order valence-electron chi connectivity index (χ2n) is 9.14. The molecule has 0 bridgehead atoms. The molecule has 2 saturated heterocycles. The average molecular weight is 372 g/mol. The van der Waals surface area contributed by atoms with Crippen LogP contribution in [0.25, 0.3) is 0 Å². The van der Waals surface area contributed by atoms with Crippen LogP contribution in [-0.2, 0) is 23.8 Å². The molecule has 7 atom stereocenters. The van der Waals surface area contributed by atoms with Crippen molar-refractivity contribution in [3.63, 3.8) is 0 Å².